The lowest BCUT2D eigenvalue weighted by molar-refractivity contribution is -0.276. The first-order valence-electron chi connectivity index (χ1n) is 16.8. The molecule has 0 unspecified atom stereocenters. The van der Waals surface area contributed by atoms with Crippen LogP contribution in [0.1, 0.15) is 57.5 Å². The molecule has 1 amide bonds. The molecule has 5 aromatic rings. The number of nitrogens with one attached hydrogen (secondary N) is 1. The summed E-state index contributed by atoms with van der Waals surface area (Å²) >= 11 is 0. The van der Waals surface area contributed by atoms with E-state index in [1.165, 1.54) is 5.56 Å². The molecule has 0 aliphatic carbocycles. The van der Waals surface area contributed by atoms with Crippen molar-refractivity contribution in [3.05, 3.63) is 166 Å². The minimum absolute atomic E-state index is 0.0133. The zero-order valence-electron chi connectivity index (χ0n) is 28.5. The monoisotopic (exact) mass is 716 g/mol. The van der Waals surface area contributed by atoms with Crippen LogP contribution in [-0.4, -0.2) is 35.6 Å². The van der Waals surface area contributed by atoms with E-state index in [0.29, 0.717) is 17.7 Å². The first-order chi connectivity index (χ1) is 25.0. The van der Waals surface area contributed by atoms with Crippen molar-refractivity contribution in [3.63, 3.8) is 0 Å². The van der Waals surface area contributed by atoms with E-state index in [9.17, 15) is 31.9 Å². The maximum atomic E-state index is 14.2. The van der Waals surface area contributed by atoms with Crippen LogP contribution in [0.4, 0.5) is 22.0 Å². The Hall–Kier alpha value is -4.94. The summed E-state index contributed by atoms with van der Waals surface area (Å²) in [6.07, 6.45) is -1.21. The molecule has 1 aliphatic rings. The first kappa shape index (κ1) is 36.8. The van der Waals surface area contributed by atoms with Gasteiger partial charge in [-0.3, -0.25) is 9.69 Å². The van der Waals surface area contributed by atoms with Crippen LogP contribution in [0.5, 0.6) is 0 Å². The van der Waals surface area contributed by atoms with E-state index in [1.807, 2.05) is 66.7 Å². The Bertz CT molecular complexity index is 1980. The fourth-order valence-corrected chi connectivity index (χ4v) is 6.44. The zero-order valence-corrected chi connectivity index (χ0v) is 28.5. The molecule has 4 atom stereocenters. The molecule has 270 valence electrons. The lowest BCUT2D eigenvalue weighted by Gasteiger charge is -2.42. The molecule has 1 fully saturated rings. The van der Waals surface area contributed by atoms with Crippen LogP contribution >= 0.6 is 0 Å². The number of nitrogens with zero attached hydrogens (tertiary/aromatic N) is 1. The molecule has 0 spiro atoms. The van der Waals surface area contributed by atoms with Gasteiger partial charge in [-0.15, -0.1) is 0 Å². The van der Waals surface area contributed by atoms with E-state index < -0.39 is 46.8 Å². The molecule has 0 radical (unpaired) electrons. The smallest absolute Gasteiger partial charge is 0.257 e. The normalized spacial score (nSPS) is 18.8. The van der Waals surface area contributed by atoms with Crippen LogP contribution in [-0.2, 0) is 29.2 Å². The van der Waals surface area contributed by atoms with Crippen molar-refractivity contribution in [2.75, 3.05) is 13.6 Å². The van der Waals surface area contributed by atoms with E-state index in [0.717, 1.165) is 28.8 Å². The number of benzene rings is 5. The summed E-state index contributed by atoms with van der Waals surface area (Å²) in [6, 6.07) is 32.3. The lowest BCUT2D eigenvalue weighted by Crippen LogP contribution is -2.43. The highest BCUT2D eigenvalue weighted by atomic mass is 19.2. The van der Waals surface area contributed by atoms with Crippen LogP contribution in [0.25, 0.3) is 11.1 Å². The van der Waals surface area contributed by atoms with E-state index in [-0.39, 0.29) is 31.3 Å². The first-order valence-corrected chi connectivity index (χ1v) is 16.8. The van der Waals surface area contributed by atoms with Crippen molar-refractivity contribution >= 4 is 5.91 Å². The summed E-state index contributed by atoms with van der Waals surface area (Å²) in [5.41, 5.74) is 4.12. The van der Waals surface area contributed by atoms with Crippen molar-refractivity contribution in [1.29, 1.82) is 0 Å². The summed E-state index contributed by atoms with van der Waals surface area (Å²) in [7, 11) is 2.05. The number of aliphatic hydroxyl groups is 1. The molecule has 1 heterocycles. The molecule has 0 saturated carbocycles. The Kier molecular flexibility index (Phi) is 11.5. The fraction of sp³-hybridized carbons (Fsp3) is 0.244. The maximum Gasteiger partial charge on any atom is 0.257 e. The fourth-order valence-electron chi connectivity index (χ4n) is 6.44. The standard InChI is InChI=1S/C41H37F5N2O4/c1-24-32(22-48(2)21-25-8-4-3-5-9-25)51-41(52-39(24)28-14-12-26(23-49)13-15-28)29-18-16-27(17-19-29)31-11-7-6-10-30(31)20-47-40(50)33-34(42)36(44)38(46)37(45)35(33)43/h3-19,24,32,39,41,49H,20-23H2,1-2H3,(H,47,50)/t24-,32+,39+,41+/m0/s1. The number of ether oxygens (including phenoxy) is 2. The highest BCUT2D eigenvalue weighted by Crippen LogP contribution is 2.42. The Morgan fingerprint density at radius 1 is 0.731 bits per heavy atom. The van der Waals surface area contributed by atoms with Crippen molar-refractivity contribution in [1.82, 2.24) is 10.2 Å². The molecule has 2 N–H and O–H groups in total. The molecule has 1 saturated heterocycles. The second-order valence-electron chi connectivity index (χ2n) is 12.9. The molecular formula is C41H37F5N2O4. The topological polar surface area (TPSA) is 71.0 Å². The molecule has 0 aromatic heterocycles. The average Bonchev–Trinajstić information content (AvgIpc) is 3.17. The number of hydrogen-bond donors (Lipinski definition) is 2. The second-order valence-corrected chi connectivity index (χ2v) is 12.9. The number of aliphatic hydroxyl groups excluding tert-OH is 1. The summed E-state index contributed by atoms with van der Waals surface area (Å²) in [4.78, 5) is 14.8. The number of rotatable bonds is 11. The predicted molar refractivity (Wildman–Crippen MR) is 185 cm³/mol. The molecule has 0 bridgehead atoms. The van der Waals surface area contributed by atoms with Gasteiger partial charge in [0.25, 0.3) is 5.91 Å². The van der Waals surface area contributed by atoms with Crippen LogP contribution in [0.2, 0.25) is 0 Å². The van der Waals surface area contributed by atoms with Crippen molar-refractivity contribution < 1.29 is 41.3 Å². The van der Waals surface area contributed by atoms with Gasteiger partial charge in [-0.05, 0) is 40.4 Å². The quantitative estimate of drug-likeness (QED) is 0.0817. The maximum absolute atomic E-state index is 14.2. The summed E-state index contributed by atoms with van der Waals surface area (Å²) in [5, 5.41) is 11.9. The Balaban J connectivity index is 1.21. The third-order valence-electron chi connectivity index (χ3n) is 9.30. The highest BCUT2D eigenvalue weighted by Gasteiger charge is 2.39. The third-order valence-corrected chi connectivity index (χ3v) is 9.30. The van der Waals surface area contributed by atoms with E-state index >= 15 is 0 Å². The molecular weight excluding hydrogens is 679 g/mol. The Labute approximate surface area is 298 Å². The van der Waals surface area contributed by atoms with Gasteiger partial charge >= 0.3 is 0 Å². The molecule has 6 rings (SSSR count). The van der Waals surface area contributed by atoms with Crippen molar-refractivity contribution in [3.8, 4) is 11.1 Å². The molecule has 52 heavy (non-hydrogen) atoms. The Morgan fingerprint density at radius 2 is 1.33 bits per heavy atom. The summed E-state index contributed by atoms with van der Waals surface area (Å²) in [5.74, 6) is -12.6. The number of carbonyl (C=O) groups is 1. The van der Waals surface area contributed by atoms with Gasteiger partial charge in [0.1, 0.15) is 5.56 Å². The number of carbonyl (C=O) groups excluding carboxylic acids is 1. The van der Waals surface area contributed by atoms with Gasteiger partial charge in [0, 0.05) is 31.1 Å². The zero-order chi connectivity index (χ0) is 36.9. The minimum atomic E-state index is -2.34. The van der Waals surface area contributed by atoms with Crippen LogP contribution in [0.3, 0.4) is 0 Å². The van der Waals surface area contributed by atoms with Gasteiger partial charge in [-0.25, -0.2) is 22.0 Å². The van der Waals surface area contributed by atoms with Crippen molar-refractivity contribution in [2.24, 2.45) is 5.92 Å². The number of halogens is 5. The van der Waals surface area contributed by atoms with Gasteiger partial charge in [-0.1, -0.05) is 110 Å². The number of hydrogen-bond acceptors (Lipinski definition) is 5. The summed E-state index contributed by atoms with van der Waals surface area (Å²) in [6.45, 7) is 3.17. The molecule has 1 aliphatic heterocycles. The lowest BCUT2D eigenvalue weighted by atomic mass is 9.90. The molecule has 11 heteroatoms. The van der Waals surface area contributed by atoms with E-state index in [1.54, 1.807) is 24.3 Å². The average molecular weight is 717 g/mol. The van der Waals surface area contributed by atoms with Crippen LogP contribution < -0.4 is 5.32 Å². The number of likely N-dealkylation sites (N-methyl/N-ethyl adjacent to an activating group) is 1. The summed E-state index contributed by atoms with van der Waals surface area (Å²) < 4.78 is 82.7. The largest absolute Gasteiger partial charge is 0.392 e. The van der Waals surface area contributed by atoms with Gasteiger partial charge in [0.15, 0.2) is 29.6 Å². The van der Waals surface area contributed by atoms with E-state index in [4.69, 9.17) is 9.47 Å². The second kappa shape index (κ2) is 16.2. The molecule has 5 aromatic carbocycles. The minimum Gasteiger partial charge on any atom is -0.392 e. The Morgan fingerprint density at radius 3 is 1.98 bits per heavy atom. The third kappa shape index (κ3) is 7.93. The predicted octanol–water partition coefficient (Wildman–Crippen LogP) is 8.39. The van der Waals surface area contributed by atoms with Crippen LogP contribution in [0, 0.1) is 35.0 Å². The number of amides is 1. The SMILES string of the molecule is C[C@H]1[C@@H](CN(C)Cc2ccccc2)O[C@@H](c2ccc(-c3ccccc3CNC(=O)c3c(F)c(F)c(F)c(F)c3F)cc2)O[C@H]1c1ccc(CO)cc1. The molecule has 6 nitrogen and oxygen atoms in total. The van der Waals surface area contributed by atoms with Gasteiger partial charge in [-0.2, -0.15) is 0 Å². The van der Waals surface area contributed by atoms with E-state index in [2.05, 4.69) is 36.3 Å². The van der Waals surface area contributed by atoms with Crippen molar-refractivity contribution in [2.45, 2.75) is 45.1 Å². The van der Waals surface area contributed by atoms with Gasteiger partial charge < -0.3 is 19.9 Å². The van der Waals surface area contributed by atoms with Gasteiger partial charge in [0.2, 0.25) is 5.82 Å². The van der Waals surface area contributed by atoms with Crippen LogP contribution in [0.15, 0.2) is 103 Å². The highest BCUT2D eigenvalue weighted by molar-refractivity contribution is 5.95. The van der Waals surface area contributed by atoms with Gasteiger partial charge in [0.05, 0.1) is 18.8 Å².